The lowest BCUT2D eigenvalue weighted by atomic mass is 10.2. The van der Waals surface area contributed by atoms with Crippen LogP contribution >= 0.6 is 0 Å². The standard InChI is InChI=1S/C18H27N3O4/c1-14-5-3-4-6-16(14)19-8-7-17(22)21-9-10-25-15(12-21)11-20(2)13-18(23)24/h3-6,15,19H,7-13H2,1-2H3,(H,23,24). The van der Waals surface area contributed by atoms with Crippen LogP contribution < -0.4 is 5.32 Å². The molecule has 7 heteroatoms. The van der Waals surface area contributed by atoms with Crippen molar-refractivity contribution in [2.75, 3.05) is 51.7 Å². The van der Waals surface area contributed by atoms with E-state index >= 15 is 0 Å². The van der Waals surface area contributed by atoms with Crippen molar-refractivity contribution in [2.45, 2.75) is 19.4 Å². The maximum Gasteiger partial charge on any atom is 0.317 e. The van der Waals surface area contributed by atoms with Crippen LogP contribution in [-0.4, -0.2) is 79.3 Å². The molecule has 1 aromatic rings. The van der Waals surface area contributed by atoms with Gasteiger partial charge < -0.3 is 20.1 Å². The van der Waals surface area contributed by atoms with Gasteiger partial charge in [-0.2, -0.15) is 0 Å². The molecule has 0 spiro atoms. The number of ether oxygens (including phenoxy) is 1. The third-order valence-electron chi connectivity index (χ3n) is 4.21. The van der Waals surface area contributed by atoms with Gasteiger partial charge in [0.1, 0.15) is 0 Å². The number of hydrogen-bond acceptors (Lipinski definition) is 5. The van der Waals surface area contributed by atoms with Crippen molar-refractivity contribution in [2.24, 2.45) is 0 Å². The summed E-state index contributed by atoms with van der Waals surface area (Å²) in [6.07, 6.45) is 0.276. The third kappa shape index (κ3) is 6.36. The Balaban J connectivity index is 1.75. The Bertz CT molecular complexity index is 593. The number of carbonyl (C=O) groups excluding carboxylic acids is 1. The molecule has 0 saturated carbocycles. The highest BCUT2D eigenvalue weighted by atomic mass is 16.5. The maximum absolute atomic E-state index is 12.4. The number of nitrogens with one attached hydrogen (secondary N) is 1. The van der Waals surface area contributed by atoms with Crippen LogP contribution in [0.15, 0.2) is 24.3 Å². The second-order valence-corrected chi connectivity index (χ2v) is 6.41. The number of likely N-dealkylation sites (N-methyl/N-ethyl adjacent to an activating group) is 1. The summed E-state index contributed by atoms with van der Waals surface area (Å²) in [5, 5.41) is 12.1. The number of amides is 1. The second-order valence-electron chi connectivity index (χ2n) is 6.41. The Morgan fingerprint density at radius 1 is 1.40 bits per heavy atom. The second kappa shape index (κ2) is 9.39. The number of morpholine rings is 1. The highest BCUT2D eigenvalue weighted by Crippen LogP contribution is 2.13. The van der Waals surface area contributed by atoms with E-state index in [1.165, 1.54) is 0 Å². The number of carbonyl (C=O) groups is 2. The van der Waals surface area contributed by atoms with Gasteiger partial charge in [-0.3, -0.25) is 14.5 Å². The molecule has 1 fully saturated rings. The fourth-order valence-corrected chi connectivity index (χ4v) is 2.93. The van der Waals surface area contributed by atoms with Crippen molar-refractivity contribution in [3.63, 3.8) is 0 Å². The molecular weight excluding hydrogens is 322 g/mol. The van der Waals surface area contributed by atoms with E-state index in [4.69, 9.17) is 9.84 Å². The summed E-state index contributed by atoms with van der Waals surface area (Å²) in [6.45, 7) is 4.67. The van der Waals surface area contributed by atoms with Crippen LogP contribution in [0.5, 0.6) is 0 Å². The summed E-state index contributed by atoms with van der Waals surface area (Å²) in [7, 11) is 1.74. The number of aliphatic carboxylic acids is 1. The van der Waals surface area contributed by atoms with E-state index in [0.717, 1.165) is 11.3 Å². The molecule has 1 aromatic carbocycles. The minimum absolute atomic E-state index is 0.0336. The molecule has 138 valence electrons. The largest absolute Gasteiger partial charge is 0.480 e. The summed E-state index contributed by atoms with van der Waals surface area (Å²) in [5.41, 5.74) is 2.20. The monoisotopic (exact) mass is 349 g/mol. The molecule has 1 atom stereocenters. The molecule has 0 aliphatic carbocycles. The minimum atomic E-state index is -0.867. The van der Waals surface area contributed by atoms with Crippen LogP contribution in [0, 0.1) is 6.92 Å². The topological polar surface area (TPSA) is 82.1 Å². The molecule has 1 aliphatic heterocycles. The lowest BCUT2D eigenvalue weighted by Gasteiger charge is -2.34. The number of para-hydroxylation sites is 1. The fraction of sp³-hybridized carbons (Fsp3) is 0.556. The third-order valence-corrected chi connectivity index (χ3v) is 4.21. The van der Waals surface area contributed by atoms with E-state index < -0.39 is 5.97 Å². The first-order chi connectivity index (χ1) is 12.0. The van der Waals surface area contributed by atoms with E-state index in [1.807, 2.05) is 36.1 Å². The van der Waals surface area contributed by atoms with E-state index in [0.29, 0.717) is 39.2 Å². The molecule has 0 aromatic heterocycles. The lowest BCUT2D eigenvalue weighted by molar-refractivity contribution is -0.142. The summed E-state index contributed by atoms with van der Waals surface area (Å²) < 4.78 is 5.66. The van der Waals surface area contributed by atoms with Gasteiger partial charge in [0.05, 0.1) is 19.3 Å². The number of carboxylic acid groups (broad SMARTS) is 1. The quantitative estimate of drug-likeness (QED) is 0.730. The van der Waals surface area contributed by atoms with Crippen molar-refractivity contribution in [3.05, 3.63) is 29.8 Å². The first-order valence-corrected chi connectivity index (χ1v) is 8.55. The Morgan fingerprint density at radius 3 is 2.88 bits per heavy atom. The van der Waals surface area contributed by atoms with Crippen LogP contribution in [0.1, 0.15) is 12.0 Å². The summed E-state index contributed by atoms with van der Waals surface area (Å²) in [4.78, 5) is 26.6. The van der Waals surface area contributed by atoms with E-state index in [1.54, 1.807) is 11.9 Å². The van der Waals surface area contributed by atoms with Crippen LogP contribution in [0.25, 0.3) is 0 Å². The predicted octanol–water partition coefficient (Wildman–Crippen LogP) is 1.04. The SMILES string of the molecule is Cc1ccccc1NCCC(=O)N1CCOC(CN(C)CC(=O)O)C1. The normalized spacial score (nSPS) is 17.6. The van der Waals surface area contributed by atoms with Gasteiger partial charge in [-0.05, 0) is 25.6 Å². The van der Waals surface area contributed by atoms with Gasteiger partial charge in [-0.1, -0.05) is 18.2 Å². The van der Waals surface area contributed by atoms with Crippen LogP contribution in [-0.2, 0) is 14.3 Å². The first-order valence-electron chi connectivity index (χ1n) is 8.55. The molecule has 25 heavy (non-hydrogen) atoms. The smallest absolute Gasteiger partial charge is 0.317 e. The van der Waals surface area contributed by atoms with E-state index in [2.05, 4.69) is 5.32 Å². The number of anilines is 1. The molecule has 1 saturated heterocycles. The van der Waals surface area contributed by atoms with Gasteiger partial charge >= 0.3 is 5.97 Å². The molecule has 1 unspecified atom stereocenters. The molecule has 2 N–H and O–H groups in total. The van der Waals surface area contributed by atoms with Gasteiger partial charge in [0.25, 0.3) is 0 Å². The minimum Gasteiger partial charge on any atom is -0.480 e. The predicted molar refractivity (Wildman–Crippen MR) is 95.7 cm³/mol. The maximum atomic E-state index is 12.4. The van der Waals surface area contributed by atoms with Crippen molar-refractivity contribution < 1.29 is 19.4 Å². The first kappa shape index (κ1) is 19.2. The Morgan fingerprint density at radius 2 is 2.16 bits per heavy atom. The zero-order valence-corrected chi connectivity index (χ0v) is 14.9. The van der Waals surface area contributed by atoms with Crippen molar-refractivity contribution in [1.29, 1.82) is 0 Å². The summed E-state index contributed by atoms with van der Waals surface area (Å²) in [5.74, 6) is -0.774. The van der Waals surface area contributed by atoms with Crippen molar-refractivity contribution in [3.8, 4) is 0 Å². The van der Waals surface area contributed by atoms with Crippen molar-refractivity contribution >= 4 is 17.6 Å². The average molecular weight is 349 g/mol. The summed E-state index contributed by atoms with van der Waals surface area (Å²) in [6, 6.07) is 7.99. The Kier molecular flexibility index (Phi) is 7.21. The Hall–Kier alpha value is -2.12. The van der Waals surface area contributed by atoms with Gasteiger partial charge in [0.2, 0.25) is 5.91 Å². The van der Waals surface area contributed by atoms with Crippen LogP contribution in [0.3, 0.4) is 0 Å². The van der Waals surface area contributed by atoms with E-state index in [9.17, 15) is 9.59 Å². The van der Waals surface area contributed by atoms with Gasteiger partial charge in [-0.25, -0.2) is 0 Å². The zero-order chi connectivity index (χ0) is 18.2. The number of nitrogens with zero attached hydrogens (tertiary/aromatic N) is 2. The van der Waals surface area contributed by atoms with E-state index in [-0.39, 0.29) is 18.6 Å². The molecule has 1 aliphatic rings. The number of aryl methyl sites for hydroxylation is 1. The van der Waals surface area contributed by atoms with Gasteiger partial charge in [0.15, 0.2) is 0 Å². The molecule has 0 bridgehead atoms. The number of benzene rings is 1. The molecule has 0 radical (unpaired) electrons. The number of hydrogen-bond donors (Lipinski definition) is 2. The average Bonchev–Trinajstić information content (AvgIpc) is 2.56. The van der Waals surface area contributed by atoms with Crippen LogP contribution in [0.2, 0.25) is 0 Å². The highest BCUT2D eigenvalue weighted by Gasteiger charge is 2.25. The molecule has 1 amide bonds. The fourth-order valence-electron chi connectivity index (χ4n) is 2.93. The highest BCUT2D eigenvalue weighted by molar-refractivity contribution is 5.77. The number of rotatable bonds is 8. The molecular formula is C18H27N3O4. The molecule has 2 rings (SSSR count). The number of carboxylic acids is 1. The van der Waals surface area contributed by atoms with Crippen molar-refractivity contribution in [1.82, 2.24) is 9.80 Å². The zero-order valence-electron chi connectivity index (χ0n) is 14.9. The van der Waals surface area contributed by atoms with Crippen LogP contribution in [0.4, 0.5) is 5.69 Å². The Labute approximate surface area is 148 Å². The molecule has 1 heterocycles. The van der Waals surface area contributed by atoms with Gasteiger partial charge in [-0.15, -0.1) is 0 Å². The molecule has 7 nitrogen and oxygen atoms in total. The lowest BCUT2D eigenvalue weighted by Crippen LogP contribution is -2.49. The van der Waals surface area contributed by atoms with Gasteiger partial charge in [0, 0.05) is 38.3 Å². The summed E-state index contributed by atoms with van der Waals surface area (Å²) >= 11 is 0.